The molecular formula is C12H17NO2. The van der Waals surface area contributed by atoms with Crippen molar-refractivity contribution in [2.45, 2.75) is 19.9 Å². The third-order valence-electron chi connectivity index (χ3n) is 2.14. The number of carbonyl (C=O) groups is 1. The van der Waals surface area contributed by atoms with Crippen LogP contribution in [0.2, 0.25) is 0 Å². The molecule has 1 rings (SSSR count). The zero-order chi connectivity index (χ0) is 11.1. The Morgan fingerprint density at radius 3 is 2.53 bits per heavy atom. The highest BCUT2D eigenvalue weighted by molar-refractivity contribution is 5.75. The molecule has 0 saturated heterocycles. The summed E-state index contributed by atoms with van der Waals surface area (Å²) in [4.78, 5) is 10.7. The van der Waals surface area contributed by atoms with Gasteiger partial charge in [0, 0.05) is 19.5 Å². The van der Waals surface area contributed by atoms with Gasteiger partial charge in [-0.2, -0.15) is 0 Å². The molecule has 82 valence electrons. The molecule has 0 aromatic heterocycles. The topological polar surface area (TPSA) is 38.3 Å². The van der Waals surface area contributed by atoms with Gasteiger partial charge in [0.05, 0.1) is 7.11 Å². The summed E-state index contributed by atoms with van der Waals surface area (Å²) in [6.45, 7) is 3.13. The molecule has 3 heteroatoms. The maximum absolute atomic E-state index is 10.7. The lowest BCUT2D eigenvalue weighted by Crippen LogP contribution is -2.16. The van der Waals surface area contributed by atoms with Crippen molar-refractivity contribution in [3.05, 3.63) is 29.8 Å². The van der Waals surface area contributed by atoms with Crippen molar-refractivity contribution in [2.24, 2.45) is 0 Å². The largest absolute Gasteiger partial charge is 0.497 e. The Balaban J connectivity index is 2.28. The number of carbonyl (C=O) groups excluding carboxylic acids is 1. The van der Waals surface area contributed by atoms with Crippen molar-refractivity contribution in [1.82, 2.24) is 5.32 Å². The van der Waals surface area contributed by atoms with Crippen LogP contribution in [0.1, 0.15) is 18.9 Å². The van der Waals surface area contributed by atoms with Gasteiger partial charge in [-0.3, -0.25) is 4.79 Å². The number of ether oxygens (including phenoxy) is 1. The highest BCUT2D eigenvalue weighted by Crippen LogP contribution is 2.10. The first-order chi connectivity index (χ1) is 7.22. The number of Topliss-reactive ketones (excluding diaryl/α,β-unsaturated/α-hetero) is 1. The highest BCUT2D eigenvalue weighted by Gasteiger charge is 1.95. The number of ketones is 1. The monoisotopic (exact) mass is 207 g/mol. The summed E-state index contributed by atoms with van der Waals surface area (Å²) in [5.74, 6) is 1.08. The van der Waals surface area contributed by atoms with Gasteiger partial charge < -0.3 is 10.1 Å². The second-order valence-electron chi connectivity index (χ2n) is 3.48. The predicted molar refractivity (Wildman–Crippen MR) is 60.0 cm³/mol. The number of benzene rings is 1. The van der Waals surface area contributed by atoms with Gasteiger partial charge in [-0.05, 0) is 24.6 Å². The van der Waals surface area contributed by atoms with Gasteiger partial charge >= 0.3 is 0 Å². The molecule has 0 aliphatic rings. The van der Waals surface area contributed by atoms with E-state index < -0.39 is 0 Å². The first kappa shape index (κ1) is 11.7. The Labute approximate surface area is 90.4 Å². The Bertz CT molecular complexity index is 306. The van der Waals surface area contributed by atoms with Crippen LogP contribution in [0.3, 0.4) is 0 Å². The maximum atomic E-state index is 10.7. The summed E-state index contributed by atoms with van der Waals surface area (Å²) in [5.41, 5.74) is 1.19. The van der Waals surface area contributed by atoms with Crippen LogP contribution in [0.15, 0.2) is 24.3 Å². The van der Waals surface area contributed by atoms with Crippen molar-refractivity contribution in [3.8, 4) is 5.75 Å². The van der Waals surface area contributed by atoms with E-state index in [1.165, 1.54) is 5.56 Å². The van der Waals surface area contributed by atoms with Crippen LogP contribution >= 0.6 is 0 Å². The molecule has 1 aromatic rings. The molecule has 0 atom stereocenters. The van der Waals surface area contributed by atoms with Gasteiger partial charge in [-0.1, -0.05) is 12.1 Å². The first-order valence-corrected chi connectivity index (χ1v) is 5.05. The highest BCUT2D eigenvalue weighted by atomic mass is 16.5. The van der Waals surface area contributed by atoms with E-state index in [-0.39, 0.29) is 5.78 Å². The lowest BCUT2D eigenvalue weighted by Gasteiger charge is -2.04. The summed E-state index contributed by atoms with van der Waals surface area (Å²) in [6.07, 6.45) is 0.593. The molecule has 3 nitrogen and oxygen atoms in total. The fourth-order valence-corrected chi connectivity index (χ4v) is 1.24. The number of methoxy groups -OCH3 is 1. The zero-order valence-electron chi connectivity index (χ0n) is 9.25. The van der Waals surface area contributed by atoms with Crippen LogP contribution in [-0.4, -0.2) is 19.4 Å². The van der Waals surface area contributed by atoms with Crippen molar-refractivity contribution < 1.29 is 9.53 Å². The van der Waals surface area contributed by atoms with E-state index in [2.05, 4.69) is 5.32 Å². The lowest BCUT2D eigenvalue weighted by molar-refractivity contribution is -0.116. The Morgan fingerprint density at radius 1 is 1.33 bits per heavy atom. The van der Waals surface area contributed by atoms with Crippen LogP contribution in [0.25, 0.3) is 0 Å². The molecule has 0 heterocycles. The molecule has 0 spiro atoms. The number of nitrogens with one attached hydrogen (secondary N) is 1. The average Bonchev–Trinajstić information content (AvgIpc) is 2.25. The van der Waals surface area contributed by atoms with Gasteiger partial charge in [0.25, 0.3) is 0 Å². The molecule has 0 radical (unpaired) electrons. The van der Waals surface area contributed by atoms with Crippen molar-refractivity contribution >= 4 is 5.78 Å². The fourth-order valence-electron chi connectivity index (χ4n) is 1.24. The fraction of sp³-hybridized carbons (Fsp3) is 0.417. The van der Waals surface area contributed by atoms with Gasteiger partial charge in [-0.15, -0.1) is 0 Å². The summed E-state index contributed by atoms with van der Waals surface area (Å²) >= 11 is 0. The van der Waals surface area contributed by atoms with Crippen LogP contribution < -0.4 is 10.1 Å². The average molecular weight is 207 g/mol. The van der Waals surface area contributed by atoms with Crippen LogP contribution in [0, 0.1) is 0 Å². The van der Waals surface area contributed by atoms with Crippen molar-refractivity contribution in [2.75, 3.05) is 13.7 Å². The molecule has 0 aliphatic heterocycles. The Hall–Kier alpha value is -1.35. The minimum absolute atomic E-state index is 0.220. The smallest absolute Gasteiger partial charge is 0.131 e. The third-order valence-corrected chi connectivity index (χ3v) is 2.14. The molecule has 0 saturated carbocycles. The first-order valence-electron chi connectivity index (χ1n) is 5.05. The van der Waals surface area contributed by atoms with Gasteiger partial charge in [0.2, 0.25) is 0 Å². The Kier molecular flexibility index (Phi) is 4.84. The minimum atomic E-state index is 0.220. The van der Waals surface area contributed by atoms with E-state index >= 15 is 0 Å². The summed E-state index contributed by atoms with van der Waals surface area (Å²) in [5, 5.41) is 3.21. The van der Waals surface area contributed by atoms with E-state index in [1.54, 1.807) is 14.0 Å². The Morgan fingerprint density at radius 2 is 2.00 bits per heavy atom. The van der Waals surface area contributed by atoms with Gasteiger partial charge in [0.15, 0.2) is 0 Å². The number of rotatable bonds is 6. The summed E-state index contributed by atoms with van der Waals surface area (Å²) in [6, 6.07) is 7.89. The molecule has 1 N–H and O–H groups in total. The van der Waals surface area contributed by atoms with E-state index in [9.17, 15) is 4.79 Å². The zero-order valence-corrected chi connectivity index (χ0v) is 9.25. The molecule has 0 aliphatic carbocycles. The molecular weight excluding hydrogens is 190 g/mol. The quantitative estimate of drug-likeness (QED) is 0.722. The van der Waals surface area contributed by atoms with Gasteiger partial charge in [0.1, 0.15) is 11.5 Å². The molecule has 0 unspecified atom stereocenters. The SMILES string of the molecule is COc1ccc(CNCCC(C)=O)cc1. The molecule has 0 bridgehead atoms. The predicted octanol–water partition coefficient (Wildman–Crippen LogP) is 1.76. The van der Waals surface area contributed by atoms with Crippen LogP contribution in [-0.2, 0) is 11.3 Å². The normalized spacial score (nSPS) is 10.0. The minimum Gasteiger partial charge on any atom is -0.497 e. The van der Waals surface area contributed by atoms with Crippen LogP contribution in [0.5, 0.6) is 5.75 Å². The third kappa shape index (κ3) is 4.61. The van der Waals surface area contributed by atoms with Crippen molar-refractivity contribution in [1.29, 1.82) is 0 Å². The second-order valence-corrected chi connectivity index (χ2v) is 3.48. The van der Waals surface area contributed by atoms with Crippen molar-refractivity contribution in [3.63, 3.8) is 0 Å². The lowest BCUT2D eigenvalue weighted by atomic mass is 10.2. The van der Waals surface area contributed by atoms with E-state index in [0.29, 0.717) is 6.42 Å². The summed E-state index contributed by atoms with van der Waals surface area (Å²) < 4.78 is 5.06. The molecule has 0 amide bonds. The molecule has 1 aromatic carbocycles. The van der Waals surface area contributed by atoms with Crippen LogP contribution in [0.4, 0.5) is 0 Å². The molecule has 15 heavy (non-hydrogen) atoms. The standard InChI is InChI=1S/C12H17NO2/c1-10(14)7-8-13-9-11-3-5-12(15-2)6-4-11/h3-6,13H,7-9H2,1-2H3. The number of hydrogen-bond donors (Lipinski definition) is 1. The van der Waals surface area contributed by atoms with E-state index in [4.69, 9.17) is 4.74 Å². The van der Waals surface area contributed by atoms with E-state index in [1.807, 2.05) is 24.3 Å². The summed E-state index contributed by atoms with van der Waals surface area (Å²) in [7, 11) is 1.65. The number of hydrogen-bond acceptors (Lipinski definition) is 3. The second kappa shape index (κ2) is 6.19. The maximum Gasteiger partial charge on any atom is 0.131 e. The van der Waals surface area contributed by atoms with Gasteiger partial charge in [-0.25, -0.2) is 0 Å². The molecule has 0 fully saturated rings. The van der Waals surface area contributed by atoms with E-state index in [0.717, 1.165) is 18.8 Å².